The average Bonchev–Trinajstić information content (AvgIpc) is 2.86. The van der Waals surface area contributed by atoms with Gasteiger partial charge in [0.2, 0.25) is 0 Å². The van der Waals surface area contributed by atoms with Crippen molar-refractivity contribution in [1.82, 2.24) is 9.80 Å². The molecule has 1 fully saturated rings. The van der Waals surface area contributed by atoms with Crippen molar-refractivity contribution in [3.63, 3.8) is 0 Å². The van der Waals surface area contributed by atoms with Crippen LogP contribution in [-0.2, 0) is 20.8 Å². The first-order chi connectivity index (χ1) is 16.6. The predicted molar refractivity (Wildman–Crippen MR) is 125 cm³/mol. The summed E-state index contributed by atoms with van der Waals surface area (Å²) in [6.45, 7) is 6.71. The number of ether oxygens (including phenoxy) is 5. The van der Waals surface area contributed by atoms with E-state index in [9.17, 15) is 9.59 Å². The van der Waals surface area contributed by atoms with Crippen molar-refractivity contribution in [3.05, 3.63) is 54.1 Å². The molecule has 0 radical (unpaired) electrons. The summed E-state index contributed by atoms with van der Waals surface area (Å²) in [5.41, 5.74) is 0.830. The van der Waals surface area contributed by atoms with Crippen LogP contribution in [0.2, 0.25) is 0 Å². The third kappa shape index (κ3) is 8.24. The molecule has 2 aromatic rings. The summed E-state index contributed by atoms with van der Waals surface area (Å²) in [6.07, 6.45) is -0.649. The summed E-state index contributed by atoms with van der Waals surface area (Å²) in [4.78, 5) is 28.5. The Morgan fingerprint density at radius 2 is 1.62 bits per heavy atom. The van der Waals surface area contributed by atoms with E-state index < -0.39 is 12.1 Å². The molecule has 1 heterocycles. The van der Waals surface area contributed by atoms with E-state index in [0.29, 0.717) is 18.1 Å². The van der Waals surface area contributed by atoms with Gasteiger partial charge in [-0.2, -0.15) is 0 Å². The first-order valence-corrected chi connectivity index (χ1v) is 11.4. The zero-order valence-corrected chi connectivity index (χ0v) is 19.7. The molecule has 2 aromatic carbocycles. The van der Waals surface area contributed by atoms with Crippen molar-refractivity contribution in [3.8, 4) is 17.2 Å². The lowest BCUT2D eigenvalue weighted by Crippen LogP contribution is -2.38. The summed E-state index contributed by atoms with van der Waals surface area (Å²) in [7, 11) is 1.56. The van der Waals surface area contributed by atoms with Crippen LogP contribution in [0.3, 0.4) is 0 Å². The van der Waals surface area contributed by atoms with Crippen LogP contribution in [0.15, 0.2) is 48.5 Å². The van der Waals surface area contributed by atoms with Gasteiger partial charge in [-0.3, -0.25) is 14.6 Å². The highest BCUT2D eigenvalue weighted by Crippen LogP contribution is 2.19. The van der Waals surface area contributed by atoms with E-state index in [4.69, 9.17) is 23.7 Å². The van der Waals surface area contributed by atoms with E-state index in [1.807, 2.05) is 24.3 Å². The van der Waals surface area contributed by atoms with Crippen LogP contribution in [0.4, 0.5) is 4.79 Å². The fourth-order valence-corrected chi connectivity index (χ4v) is 3.39. The summed E-state index contributed by atoms with van der Waals surface area (Å²) in [5, 5.41) is 0. The van der Waals surface area contributed by atoms with E-state index in [0.717, 1.165) is 44.2 Å². The predicted octanol–water partition coefficient (Wildman–Crippen LogP) is 2.97. The van der Waals surface area contributed by atoms with Crippen LogP contribution < -0.4 is 14.2 Å². The van der Waals surface area contributed by atoms with Crippen LogP contribution in [-0.4, -0.2) is 81.6 Å². The van der Waals surface area contributed by atoms with Gasteiger partial charge in [0, 0.05) is 26.2 Å². The normalized spacial score (nSPS) is 13.7. The first-order valence-electron chi connectivity index (χ1n) is 11.4. The lowest BCUT2D eigenvalue weighted by atomic mass is 10.2. The van der Waals surface area contributed by atoms with Crippen molar-refractivity contribution in [2.24, 2.45) is 0 Å². The quantitative estimate of drug-likeness (QED) is 0.462. The van der Waals surface area contributed by atoms with Gasteiger partial charge in [0.1, 0.15) is 30.4 Å². The van der Waals surface area contributed by atoms with Crippen LogP contribution in [0.5, 0.6) is 17.2 Å². The molecule has 1 aliphatic heterocycles. The van der Waals surface area contributed by atoms with Crippen LogP contribution in [0.25, 0.3) is 0 Å². The molecule has 0 atom stereocenters. The summed E-state index contributed by atoms with van der Waals surface area (Å²) in [5.74, 6) is 1.24. The number of rotatable bonds is 11. The van der Waals surface area contributed by atoms with Gasteiger partial charge in [-0.25, -0.2) is 4.79 Å². The Morgan fingerprint density at radius 3 is 2.26 bits per heavy atom. The van der Waals surface area contributed by atoms with Crippen LogP contribution in [0.1, 0.15) is 12.5 Å². The second-order valence-electron chi connectivity index (χ2n) is 7.65. The highest BCUT2D eigenvalue weighted by molar-refractivity contribution is 5.79. The summed E-state index contributed by atoms with van der Waals surface area (Å²) < 4.78 is 26.8. The molecule has 0 spiro atoms. The van der Waals surface area contributed by atoms with Crippen molar-refractivity contribution < 1.29 is 33.3 Å². The monoisotopic (exact) mass is 472 g/mol. The van der Waals surface area contributed by atoms with E-state index in [1.165, 1.54) is 4.90 Å². The smallest absolute Gasteiger partial charge is 0.416 e. The number of morpholine rings is 1. The minimum absolute atomic E-state index is 0.182. The number of hydrogen-bond acceptors (Lipinski definition) is 8. The molecule has 0 unspecified atom stereocenters. The van der Waals surface area contributed by atoms with E-state index in [-0.39, 0.29) is 19.7 Å². The standard InChI is InChI=1S/C25H32N2O7/c1-3-32-24(28)19-27(25(29)34-23-10-8-21(30-2)9-11-23)18-20-4-6-22(7-5-20)33-17-14-26-12-15-31-16-13-26/h4-11H,3,12-19H2,1-2H3. The molecule has 184 valence electrons. The molecule has 1 saturated heterocycles. The minimum atomic E-state index is -0.649. The Labute approximate surface area is 200 Å². The molecule has 1 aliphatic rings. The molecular formula is C25H32N2O7. The Morgan fingerprint density at radius 1 is 0.971 bits per heavy atom. The maximum Gasteiger partial charge on any atom is 0.416 e. The Bertz CT molecular complexity index is 896. The molecule has 0 aliphatic carbocycles. The van der Waals surface area contributed by atoms with Crippen LogP contribution in [0, 0.1) is 0 Å². The highest BCUT2D eigenvalue weighted by Gasteiger charge is 2.21. The van der Waals surface area contributed by atoms with Gasteiger partial charge in [-0.15, -0.1) is 0 Å². The third-order valence-electron chi connectivity index (χ3n) is 5.22. The first kappa shape index (κ1) is 25.3. The number of carbonyl (C=O) groups is 2. The highest BCUT2D eigenvalue weighted by atomic mass is 16.6. The molecule has 9 nitrogen and oxygen atoms in total. The summed E-state index contributed by atoms with van der Waals surface area (Å²) in [6, 6.07) is 14.1. The molecule has 0 aromatic heterocycles. The van der Waals surface area contributed by atoms with E-state index in [2.05, 4.69) is 4.90 Å². The maximum atomic E-state index is 12.8. The number of methoxy groups -OCH3 is 1. The number of hydrogen-bond donors (Lipinski definition) is 0. The number of benzene rings is 2. The Hall–Kier alpha value is -3.30. The van der Waals surface area contributed by atoms with Crippen molar-refractivity contribution >= 4 is 12.1 Å². The molecule has 0 N–H and O–H groups in total. The molecule has 9 heteroatoms. The van der Waals surface area contributed by atoms with Gasteiger partial charge in [0.15, 0.2) is 0 Å². The second kappa shape index (κ2) is 13.4. The number of nitrogens with zero attached hydrogens (tertiary/aromatic N) is 2. The molecule has 0 bridgehead atoms. The average molecular weight is 473 g/mol. The largest absolute Gasteiger partial charge is 0.497 e. The van der Waals surface area contributed by atoms with Gasteiger partial charge in [-0.05, 0) is 48.9 Å². The SMILES string of the molecule is CCOC(=O)CN(Cc1ccc(OCCN2CCOCC2)cc1)C(=O)Oc1ccc(OC)cc1. The van der Waals surface area contributed by atoms with E-state index >= 15 is 0 Å². The number of carbonyl (C=O) groups excluding carboxylic acids is 2. The molecule has 1 amide bonds. The van der Waals surface area contributed by atoms with E-state index in [1.54, 1.807) is 38.3 Å². The van der Waals surface area contributed by atoms with Gasteiger partial charge in [0.25, 0.3) is 0 Å². The number of amides is 1. The zero-order chi connectivity index (χ0) is 24.2. The lowest BCUT2D eigenvalue weighted by Gasteiger charge is -2.26. The zero-order valence-electron chi connectivity index (χ0n) is 19.7. The molecule has 34 heavy (non-hydrogen) atoms. The van der Waals surface area contributed by atoms with Crippen molar-refractivity contribution in [1.29, 1.82) is 0 Å². The van der Waals surface area contributed by atoms with Gasteiger partial charge in [-0.1, -0.05) is 12.1 Å². The maximum absolute atomic E-state index is 12.8. The Balaban J connectivity index is 1.56. The minimum Gasteiger partial charge on any atom is -0.497 e. The topological polar surface area (TPSA) is 86.8 Å². The Kier molecular flexibility index (Phi) is 9.99. The van der Waals surface area contributed by atoms with Gasteiger partial charge >= 0.3 is 12.1 Å². The fourth-order valence-electron chi connectivity index (χ4n) is 3.39. The van der Waals surface area contributed by atoms with Crippen molar-refractivity contribution in [2.75, 3.05) is 59.7 Å². The van der Waals surface area contributed by atoms with Crippen molar-refractivity contribution in [2.45, 2.75) is 13.5 Å². The lowest BCUT2D eigenvalue weighted by molar-refractivity contribution is -0.144. The summed E-state index contributed by atoms with van der Waals surface area (Å²) >= 11 is 0. The molecular weight excluding hydrogens is 440 g/mol. The molecule has 3 rings (SSSR count). The second-order valence-corrected chi connectivity index (χ2v) is 7.65. The van der Waals surface area contributed by atoms with Gasteiger partial charge in [0.05, 0.1) is 26.9 Å². The third-order valence-corrected chi connectivity index (χ3v) is 5.22. The van der Waals surface area contributed by atoms with Gasteiger partial charge < -0.3 is 23.7 Å². The fraction of sp³-hybridized carbons (Fsp3) is 0.440. The number of esters is 1. The molecule has 0 saturated carbocycles. The van der Waals surface area contributed by atoms with Crippen LogP contribution >= 0.6 is 0 Å².